The normalized spacial score (nSPS) is 21.8. The topological polar surface area (TPSA) is 69.9 Å². The highest BCUT2D eigenvalue weighted by atomic mass is 31.1. The summed E-state index contributed by atoms with van der Waals surface area (Å²) in [6.45, 7) is 10.7. The van der Waals surface area contributed by atoms with Crippen molar-refractivity contribution >= 4 is 25.8 Å². The van der Waals surface area contributed by atoms with Gasteiger partial charge < -0.3 is 10.6 Å². The number of nitrogens with two attached hydrogens (primary N) is 1. The number of carbonyl (C=O) groups is 2. The highest BCUT2D eigenvalue weighted by Crippen LogP contribution is 2.35. The fourth-order valence-corrected chi connectivity index (χ4v) is 5.16. The van der Waals surface area contributed by atoms with Crippen molar-refractivity contribution in [2.24, 2.45) is 5.73 Å². The van der Waals surface area contributed by atoms with Gasteiger partial charge in [0.2, 0.25) is 5.91 Å². The molecule has 3 rings (SSSR count). The molecule has 2 unspecified atom stereocenters. The summed E-state index contributed by atoms with van der Waals surface area (Å²) in [5.41, 5.74) is 8.86. The van der Waals surface area contributed by atoms with Crippen LogP contribution in [0.15, 0.2) is 30.5 Å². The first-order chi connectivity index (χ1) is 13.7. The standard InChI is InChI=1S/C22H33N4O2P/c1-5-16-7-8-18(15-17(16)6-2)26-10-9-19(29-21(26)28)24-11-13-25(14-12-24)20(27)22(3,4)23/h7-10,15,19,29H,5-6,11-14,23H2,1-4H3. The average Bonchev–Trinajstić information content (AvgIpc) is 2.72. The minimum Gasteiger partial charge on any atom is -0.339 e. The van der Waals surface area contributed by atoms with Crippen LogP contribution in [0.4, 0.5) is 10.5 Å². The van der Waals surface area contributed by atoms with Gasteiger partial charge in [0.1, 0.15) is 0 Å². The minimum absolute atomic E-state index is 0.0108. The van der Waals surface area contributed by atoms with Gasteiger partial charge in [-0.15, -0.1) is 0 Å². The van der Waals surface area contributed by atoms with E-state index in [4.69, 9.17) is 5.73 Å². The van der Waals surface area contributed by atoms with E-state index >= 15 is 0 Å². The second-order valence-corrected chi connectivity index (χ2v) is 9.62. The quantitative estimate of drug-likeness (QED) is 0.749. The first kappa shape index (κ1) is 21.9. The molecule has 2 atom stereocenters. The summed E-state index contributed by atoms with van der Waals surface area (Å²) in [5.74, 6) is 0.103. The monoisotopic (exact) mass is 416 g/mol. The predicted molar refractivity (Wildman–Crippen MR) is 121 cm³/mol. The molecule has 2 aliphatic heterocycles. The van der Waals surface area contributed by atoms with Crippen molar-refractivity contribution in [2.75, 3.05) is 31.1 Å². The molecule has 0 aromatic heterocycles. The summed E-state index contributed by atoms with van der Waals surface area (Å²) < 4.78 is 0. The minimum atomic E-state index is -0.838. The Kier molecular flexibility index (Phi) is 6.77. The van der Waals surface area contributed by atoms with E-state index in [-0.39, 0.29) is 25.9 Å². The first-order valence-electron chi connectivity index (χ1n) is 10.5. The van der Waals surface area contributed by atoms with Gasteiger partial charge >= 0.3 is 0 Å². The Bertz CT molecular complexity index is 794. The van der Waals surface area contributed by atoms with Crippen LogP contribution in [-0.2, 0) is 17.6 Å². The molecule has 2 heterocycles. The smallest absolute Gasteiger partial charge is 0.250 e. The van der Waals surface area contributed by atoms with Crippen LogP contribution < -0.4 is 10.6 Å². The van der Waals surface area contributed by atoms with E-state index in [1.54, 1.807) is 18.7 Å². The molecule has 6 nitrogen and oxygen atoms in total. The molecule has 1 aromatic rings. The third kappa shape index (κ3) is 4.88. The van der Waals surface area contributed by atoms with Crippen molar-refractivity contribution in [3.05, 3.63) is 41.6 Å². The maximum Gasteiger partial charge on any atom is 0.250 e. The van der Waals surface area contributed by atoms with Crippen molar-refractivity contribution in [1.29, 1.82) is 0 Å². The van der Waals surface area contributed by atoms with Gasteiger partial charge in [0.25, 0.3) is 5.65 Å². The van der Waals surface area contributed by atoms with Crippen molar-refractivity contribution < 1.29 is 9.59 Å². The second-order valence-electron chi connectivity index (χ2n) is 8.32. The number of rotatable bonds is 5. The van der Waals surface area contributed by atoms with Gasteiger partial charge in [0.15, 0.2) is 0 Å². The van der Waals surface area contributed by atoms with Crippen LogP contribution in [0.2, 0.25) is 0 Å². The number of aryl methyl sites for hydroxylation is 2. The van der Waals surface area contributed by atoms with Gasteiger partial charge in [-0.25, -0.2) is 0 Å². The molecule has 1 fully saturated rings. The lowest BCUT2D eigenvalue weighted by molar-refractivity contribution is -0.137. The molecule has 2 amide bonds. The first-order valence-corrected chi connectivity index (χ1v) is 11.5. The summed E-state index contributed by atoms with van der Waals surface area (Å²) in [6.07, 6.45) is 6.02. The number of piperazine rings is 1. The molecular formula is C22H33N4O2P. The number of hydrogen-bond donors (Lipinski definition) is 1. The van der Waals surface area contributed by atoms with Crippen LogP contribution in [0.25, 0.3) is 0 Å². The van der Waals surface area contributed by atoms with Gasteiger partial charge in [0.05, 0.1) is 11.3 Å². The fraction of sp³-hybridized carbons (Fsp3) is 0.545. The van der Waals surface area contributed by atoms with Crippen LogP contribution in [0.1, 0.15) is 38.8 Å². The number of nitrogens with zero attached hydrogens (tertiary/aromatic N) is 3. The highest BCUT2D eigenvalue weighted by molar-refractivity contribution is 7.59. The Morgan fingerprint density at radius 3 is 2.34 bits per heavy atom. The lowest BCUT2D eigenvalue weighted by atomic mass is 10.0. The Hall–Kier alpha value is -1.75. The van der Waals surface area contributed by atoms with Crippen molar-refractivity contribution in [2.45, 2.75) is 51.9 Å². The molecule has 0 saturated carbocycles. The molecule has 2 N–H and O–H groups in total. The van der Waals surface area contributed by atoms with E-state index < -0.39 is 5.54 Å². The Morgan fingerprint density at radius 1 is 1.14 bits per heavy atom. The van der Waals surface area contributed by atoms with Gasteiger partial charge in [-0.1, -0.05) is 19.9 Å². The molecule has 0 bridgehead atoms. The average molecular weight is 417 g/mol. The Morgan fingerprint density at radius 2 is 1.79 bits per heavy atom. The molecule has 158 valence electrons. The number of benzene rings is 1. The predicted octanol–water partition coefficient (Wildman–Crippen LogP) is 3.15. The van der Waals surface area contributed by atoms with Gasteiger partial charge in [-0.05, 0) is 64.6 Å². The van der Waals surface area contributed by atoms with Crippen LogP contribution in [0.5, 0.6) is 0 Å². The summed E-state index contributed by atoms with van der Waals surface area (Å²) in [7, 11) is 0.172. The van der Waals surface area contributed by atoms with Crippen molar-refractivity contribution in [1.82, 2.24) is 9.80 Å². The fourth-order valence-electron chi connectivity index (χ4n) is 3.94. The third-order valence-corrected chi connectivity index (χ3v) is 7.02. The van der Waals surface area contributed by atoms with Gasteiger partial charge in [-0.3, -0.25) is 19.4 Å². The van der Waals surface area contributed by atoms with Crippen LogP contribution in [0.3, 0.4) is 0 Å². The molecule has 0 spiro atoms. The highest BCUT2D eigenvalue weighted by Gasteiger charge is 2.33. The van der Waals surface area contributed by atoms with E-state index in [0.29, 0.717) is 13.1 Å². The van der Waals surface area contributed by atoms with E-state index in [9.17, 15) is 9.59 Å². The van der Waals surface area contributed by atoms with E-state index in [1.807, 2.05) is 17.2 Å². The SMILES string of the molecule is CCc1ccc(N2C=CC(N3CCN(C(=O)C(C)(C)N)CC3)PC2=O)cc1CC. The third-order valence-electron chi connectivity index (χ3n) is 5.68. The van der Waals surface area contributed by atoms with Gasteiger partial charge in [0, 0.05) is 38.1 Å². The maximum atomic E-state index is 12.9. The largest absolute Gasteiger partial charge is 0.339 e. The Labute approximate surface area is 175 Å². The summed E-state index contributed by atoms with van der Waals surface area (Å²) in [4.78, 5) is 31.2. The van der Waals surface area contributed by atoms with E-state index in [2.05, 4.69) is 37.0 Å². The van der Waals surface area contributed by atoms with E-state index in [0.717, 1.165) is 31.6 Å². The number of anilines is 1. The summed E-state index contributed by atoms with van der Waals surface area (Å²) in [5, 5.41) is 0. The van der Waals surface area contributed by atoms with E-state index in [1.165, 1.54) is 11.1 Å². The molecule has 2 aliphatic rings. The molecule has 1 saturated heterocycles. The van der Waals surface area contributed by atoms with Crippen molar-refractivity contribution in [3.8, 4) is 0 Å². The lowest BCUT2D eigenvalue weighted by Gasteiger charge is -2.41. The Balaban J connectivity index is 1.65. The molecule has 1 aromatic carbocycles. The molecule has 0 aliphatic carbocycles. The molecule has 7 heteroatoms. The maximum absolute atomic E-state index is 12.9. The molecule has 0 radical (unpaired) electrons. The van der Waals surface area contributed by atoms with Crippen LogP contribution in [0, 0.1) is 0 Å². The zero-order chi connectivity index (χ0) is 21.2. The van der Waals surface area contributed by atoms with Crippen LogP contribution in [-0.4, -0.2) is 58.9 Å². The number of amides is 2. The van der Waals surface area contributed by atoms with Crippen molar-refractivity contribution in [3.63, 3.8) is 0 Å². The second kappa shape index (κ2) is 8.95. The summed E-state index contributed by atoms with van der Waals surface area (Å²) in [6, 6.07) is 6.33. The summed E-state index contributed by atoms with van der Waals surface area (Å²) >= 11 is 0. The molecule has 29 heavy (non-hydrogen) atoms. The zero-order valence-electron chi connectivity index (χ0n) is 17.9. The zero-order valence-corrected chi connectivity index (χ0v) is 18.9. The lowest BCUT2D eigenvalue weighted by Crippen LogP contribution is -2.58. The number of carbonyl (C=O) groups excluding carboxylic acids is 2. The van der Waals surface area contributed by atoms with Gasteiger partial charge in [-0.2, -0.15) is 0 Å². The number of hydrogen-bond acceptors (Lipinski definition) is 4. The van der Waals surface area contributed by atoms with Crippen LogP contribution >= 0.6 is 8.58 Å². The molecular weight excluding hydrogens is 383 g/mol.